The Morgan fingerprint density at radius 1 is 1.10 bits per heavy atom. The molecule has 1 aromatic heterocycles. The molecule has 0 aliphatic heterocycles. The van der Waals surface area contributed by atoms with Crippen molar-refractivity contribution in [2.45, 2.75) is 26.2 Å². The molecule has 2 rings (SSSR count). The Morgan fingerprint density at radius 3 is 2.65 bits per heavy atom. The largest absolute Gasteiger partial charge is 0.395 e. The summed E-state index contributed by atoms with van der Waals surface area (Å²) in [4.78, 5) is 5.43. The van der Waals surface area contributed by atoms with Crippen LogP contribution in [-0.2, 0) is 4.84 Å². The van der Waals surface area contributed by atoms with Crippen molar-refractivity contribution in [2.75, 3.05) is 6.61 Å². The van der Waals surface area contributed by atoms with Crippen LogP contribution in [0.3, 0.4) is 0 Å². The van der Waals surface area contributed by atoms with Gasteiger partial charge < -0.3 is 4.84 Å². The third kappa shape index (κ3) is 4.16. The molecule has 4 heteroatoms. The lowest BCUT2D eigenvalue weighted by Crippen LogP contribution is -2.07. The van der Waals surface area contributed by atoms with Crippen LogP contribution in [0.5, 0.6) is 0 Å². The summed E-state index contributed by atoms with van der Waals surface area (Å²) in [5, 5.41) is 12.3. The molecular formula is C16H19N3O. The Hall–Kier alpha value is -2.23. The Bertz CT molecular complexity index is 484. The van der Waals surface area contributed by atoms with E-state index in [2.05, 4.69) is 22.3 Å². The quantitative estimate of drug-likeness (QED) is 0.439. The van der Waals surface area contributed by atoms with Crippen LogP contribution in [0, 0.1) is 0 Å². The average molecular weight is 269 g/mol. The Labute approximate surface area is 119 Å². The topological polar surface area (TPSA) is 47.4 Å². The number of aromatic nitrogens is 2. The molecule has 20 heavy (non-hydrogen) atoms. The van der Waals surface area contributed by atoms with E-state index < -0.39 is 0 Å². The number of hydrogen-bond acceptors (Lipinski definition) is 4. The predicted octanol–water partition coefficient (Wildman–Crippen LogP) is 3.44. The second-order valence-corrected chi connectivity index (χ2v) is 4.46. The van der Waals surface area contributed by atoms with Gasteiger partial charge in [-0.2, -0.15) is 5.10 Å². The molecule has 2 aromatic rings. The third-order valence-electron chi connectivity index (χ3n) is 2.86. The molecule has 0 radical (unpaired) electrons. The van der Waals surface area contributed by atoms with Gasteiger partial charge in [0.15, 0.2) is 0 Å². The van der Waals surface area contributed by atoms with Crippen LogP contribution in [-0.4, -0.2) is 22.5 Å². The molecule has 0 saturated heterocycles. The Morgan fingerprint density at radius 2 is 1.95 bits per heavy atom. The van der Waals surface area contributed by atoms with Gasteiger partial charge in [-0.05, 0) is 18.6 Å². The smallest absolute Gasteiger partial charge is 0.137 e. The molecule has 0 N–H and O–H groups in total. The van der Waals surface area contributed by atoms with Crippen molar-refractivity contribution in [2.24, 2.45) is 5.16 Å². The number of unbranched alkanes of at least 4 members (excludes halogenated alkanes) is 2. The van der Waals surface area contributed by atoms with E-state index in [1.807, 2.05) is 42.5 Å². The van der Waals surface area contributed by atoms with E-state index in [0.717, 1.165) is 24.1 Å². The lowest BCUT2D eigenvalue weighted by Gasteiger charge is -2.05. The fourth-order valence-electron chi connectivity index (χ4n) is 1.80. The number of benzene rings is 1. The molecule has 0 fully saturated rings. The zero-order chi connectivity index (χ0) is 14.0. The van der Waals surface area contributed by atoms with E-state index in [4.69, 9.17) is 4.84 Å². The van der Waals surface area contributed by atoms with Crippen LogP contribution < -0.4 is 0 Å². The zero-order valence-electron chi connectivity index (χ0n) is 11.7. The molecule has 104 valence electrons. The summed E-state index contributed by atoms with van der Waals surface area (Å²) in [6.07, 6.45) is 4.99. The molecule has 0 amide bonds. The van der Waals surface area contributed by atoms with Gasteiger partial charge in [-0.1, -0.05) is 55.3 Å². The minimum absolute atomic E-state index is 0.629. The Kier molecular flexibility index (Phi) is 5.71. The number of nitrogens with zero attached hydrogens (tertiary/aromatic N) is 3. The van der Waals surface area contributed by atoms with Crippen molar-refractivity contribution in [3.8, 4) is 0 Å². The SMILES string of the molecule is CCCCCO/N=C(/c1ccccc1)c1cccnn1. The molecule has 0 bridgehead atoms. The summed E-state index contributed by atoms with van der Waals surface area (Å²) in [5.74, 6) is 0. The summed E-state index contributed by atoms with van der Waals surface area (Å²) in [7, 11) is 0. The lowest BCUT2D eigenvalue weighted by atomic mass is 10.1. The number of rotatable bonds is 7. The monoisotopic (exact) mass is 269 g/mol. The van der Waals surface area contributed by atoms with Gasteiger partial charge in [0.25, 0.3) is 0 Å². The maximum atomic E-state index is 5.43. The summed E-state index contributed by atoms with van der Waals surface area (Å²) in [6.45, 7) is 2.79. The van der Waals surface area contributed by atoms with Crippen molar-refractivity contribution in [3.05, 3.63) is 59.9 Å². The van der Waals surface area contributed by atoms with Crippen LogP contribution in [0.2, 0.25) is 0 Å². The van der Waals surface area contributed by atoms with E-state index >= 15 is 0 Å². The molecule has 0 aliphatic carbocycles. The van der Waals surface area contributed by atoms with Crippen LogP contribution in [0.4, 0.5) is 0 Å². The summed E-state index contributed by atoms with van der Waals surface area (Å²) >= 11 is 0. The van der Waals surface area contributed by atoms with Gasteiger partial charge in [-0.15, -0.1) is 5.10 Å². The van der Waals surface area contributed by atoms with Crippen LogP contribution in [0.1, 0.15) is 37.4 Å². The maximum Gasteiger partial charge on any atom is 0.137 e. The van der Waals surface area contributed by atoms with Crippen molar-refractivity contribution < 1.29 is 4.84 Å². The van der Waals surface area contributed by atoms with E-state index in [1.54, 1.807) is 6.20 Å². The first kappa shape index (κ1) is 14.2. The highest BCUT2D eigenvalue weighted by Crippen LogP contribution is 2.08. The number of hydrogen-bond donors (Lipinski definition) is 0. The van der Waals surface area contributed by atoms with Gasteiger partial charge in [-0.25, -0.2) is 0 Å². The molecule has 0 saturated carbocycles. The third-order valence-corrected chi connectivity index (χ3v) is 2.86. The van der Waals surface area contributed by atoms with E-state index in [-0.39, 0.29) is 0 Å². The normalized spacial score (nSPS) is 11.3. The van der Waals surface area contributed by atoms with Crippen molar-refractivity contribution >= 4 is 5.71 Å². The molecule has 0 unspecified atom stereocenters. The van der Waals surface area contributed by atoms with Crippen molar-refractivity contribution in [3.63, 3.8) is 0 Å². The first-order valence-corrected chi connectivity index (χ1v) is 6.95. The van der Waals surface area contributed by atoms with Gasteiger partial charge in [0, 0.05) is 11.8 Å². The van der Waals surface area contributed by atoms with Crippen molar-refractivity contribution in [1.29, 1.82) is 0 Å². The molecule has 0 spiro atoms. The van der Waals surface area contributed by atoms with Gasteiger partial charge >= 0.3 is 0 Å². The average Bonchev–Trinajstić information content (AvgIpc) is 2.53. The molecule has 0 atom stereocenters. The van der Waals surface area contributed by atoms with Gasteiger partial charge in [0.2, 0.25) is 0 Å². The second kappa shape index (κ2) is 8.04. The molecular weight excluding hydrogens is 250 g/mol. The van der Waals surface area contributed by atoms with Gasteiger partial charge in [-0.3, -0.25) is 0 Å². The van der Waals surface area contributed by atoms with Crippen LogP contribution in [0.15, 0.2) is 53.8 Å². The van der Waals surface area contributed by atoms with Crippen LogP contribution >= 0.6 is 0 Å². The van der Waals surface area contributed by atoms with Crippen LogP contribution in [0.25, 0.3) is 0 Å². The fourth-order valence-corrected chi connectivity index (χ4v) is 1.80. The fraction of sp³-hybridized carbons (Fsp3) is 0.312. The summed E-state index contributed by atoms with van der Waals surface area (Å²) in [5.41, 5.74) is 2.41. The predicted molar refractivity (Wildman–Crippen MR) is 79.6 cm³/mol. The van der Waals surface area contributed by atoms with Gasteiger partial charge in [0.1, 0.15) is 18.0 Å². The minimum Gasteiger partial charge on any atom is -0.395 e. The molecule has 4 nitrogen and oxygen atoms in total. The highest BCUT2D eigenvalue weighted by atomic mass is 16.6. The zero-order valence-corrected chi connectivity index (χ0v) is 11.7. The van der Waals surface area contributed by atoms with E-state index in [1.165, 1.54) is 6.42 Å². The van der Waals surface area contributed by atoms with E-state index in [0.29, 0.717) is 12.3 Å². The minimum atomic E-state index is 0.629. The standard InChI is InChI=1S/C16H19N3O/c1-2-3-7-13-20-19-16(14-9-5-4-6-10-14)15-11-8-12-17-18-15/h4-6,8-12H,2-3,7,13H2,1H3/b19-16-. The molecule has 0 aliphatic rings. The Balaban J connectivity index is 2.15. The van der Waals surface area contributed by atoms with Crippen molar-refractivity contribution in [1.82, 2.24) is 10.2 Å². The molecule has 1 heterocycles. The molecule has 1 aromatic carbocycles. The second-order valence-electron chi connectivity index (χ2n) is 4.46. The lowest BCUT2D eigenvalue weighted by molar-refractivity contribution is 0.140. The summed E-state index contributed by atoms with van der Waals surface area (Å²) in [6, 6.07) is 13.6. The first-order valence-electron chi connectivity index (χ1n) is 6.95. The highest BCUT2D eigenvalue weighted by Gasteiger charge is 2.09. The summed E-state index contributed by atoms with van der Waals surface area (Å²) < 4.78 is 0. The maximum absolute atomic E-state index is 5.43. The number of oxime groups is 1. The van der Waals surface area contributed by atoms with Gasteiger partial charge in [0.05, 0.1) is 0 Å². The van der Waals surface area contributed by atoms with E-state index in [9.17, 15) is 0 Å². The highest BCUT2D eigenvalue weighted by molar-refractivity contribution is 6.11. The first-order chi connectivity index (χ1) is 9.92.